The zero-order valence-electron chi connectivity index (χ0n) is 16.0. The van der Waals surface area contributed by atoms with E-state index in [4.69, 9.17) is 0 Å². The van der Waals surface area contributed by atoms with Gasteiger partial charge in [0.1, 0.15) is 5.82 Å². The van der Waals surface area contributed by atoms with Crippen LogP contribution in [0, 0.1) is 0 Å². The molecular weight excluding hydrogens is 342 g/mol. The van der Waals surface area contributed by atoms with Crippen LogP contribution in [0.2, 0.25) is 0 Å². The fraction of sp³-hybridized carbons (Fsp3) is 0.450. The maximum atomic E-state index is 13.2. The van der Waals surface area contributed by atoms with E-state index < -0.39 is 0 Å². The molecule has 2 aromatic heterocycles. The quantitative estimate of drug-likeness (QED) is 0.773. The van der Waals surface area contributed by atoms with Crippen LogP contribution in [0.4, 0.5) is 0 Å². The van der Waals surface area contributed by atoms with Gasteiger partial charge in [0.05, 0.1) is 5.56 Å². The molecule has 3 heterocycles. The van der Waals surface area contributed by atoms with Crippen LogP contribution in [0.25, 0.3) is 10.9 Å². The molecule has 1 aliphatic heterocycles. The summed E-state index contributed by atoms with van der Waals surface area (Å²) in [6.07, 6.45) is 3.63. The van der Waals surface area contributed by atoms with Crippen molar-refractivity contribution >= 4 is 16.8 Å². The summed E-state index contributed by atoms with van der Waals surface area (Å²) in [6, 6.07) is 7.88. The van der Waals surface area contributed by atoms with E-state index in [9.17, 15) is 9.59 Å². The third kappa shape index (κ3) is 2.97. The van der Waals surface area contributed by atoms with Gasteiger partial charge in [0.15, 0.2) is 0 Å². The fourth-order valence-corrected chi connectivity index (χ4v) is 4.05. The Kier molecular flexibility index (Phi) is 4.37. The lowest BCUT2D eigenvalue weighted by Crippen LogP contribution is -2.40. The smallest absolute Gasteiger partial charge is 0.345 e. The Balaban J connectivity index is 1.63. The molecule has 0 aliphatic carbocycles. The van der Waals surface area contributed by atoms with Crippen LogP contribution in [0.5, 0.6) is 0 Å². The Hall–Kier alpha value is -2.83. The van der Waals surface area contributed by atoms with Crippen LogP contribution in [-0.4, -0.2) is 43.2 Å². The molecule has 1 aromatic carbocycles. The Morgan fingerprint density at radius 2 is 2.07 bits per heavy atom. The third-order valence-corrected chi connectivity index (χ3v) is 5.39. The van der Waals surface area contributed by atoms with Crippen LogP contribution in [0.15, 0.2) is 35.3 Å². The highest BCUT2D eigenvalue weighted by atomic mass is 16.2. The highest BCUT2D eigenvalue weighted by Crippen LogP contribution is 2.28. The molecule has 7 nitrogen and oxygen atoms in total. The summed E-state index contributed by atoms with van der Waals surface area (Å²) < 4.78 is 3.15. The first kappa shape index (κ1) is 17.6. The summed E-state index contributed by atoms with van der Waals surface area (Å²) in [5.74, 6) is 0.893. The molecule has 3 aromatic rings. The predicted molar refractivity (Wildman–Crippen MR) is 104 cm³/mol. The molecule has 1 amide bonds. The van der Waals surface area contributed by atoms with Gasteiger partial charge in [0, 0.05) is 49.2 Å². The second kappa shape index (κ2) is 6.72. The number of piperidine rings is 1. The summed E-state index contributed by atoms with van der Waals surface area (Å²) in [5.41, 5.74) is 1.57. The second-order valence-corrected chi connectivity index (χ2v) is 7.57. The number of benzene rings is 1. The van der Waals surface area contributed by atoms with Crippen molar-refractivity contribution < 1.29 is 4.79 Å². The molecule has 7 heteroatoms. The summed E-state index contributed by atoms with van der Waals surface area (Å²) in [7, 11) is 1.68. The molecule has 1 N–H and O–H groups in total. The molecule has 27 heavy (non-hydrogen) atoms. The molecule has 0 bridgehead atoms. The molecule has 0 spiro atoms. The number of nitrogens with zero attached hydrogens (tertiary/aromatic N) is 4. The average Bonchev–Trinajstić information content (AvgIpc) is 3.23. The van der Waals surface area contributed by atoms with E-state index in [0.717, 1.165) is 36.1 Å². The monoisotopic (exact) mass is 367 g/mol. The van der Waals surface area contributed by atoms with Crippen LogP contribution < -0.4 is 5.69 Å². The van der Waals surface area contributed by atoms with Gasteiger partial charge in [-0.3, -0.25) is 9.36 Å². The molecule has 142 valence electrons. The van der Waals surface area contributed by atoms with Gasteiger partial charge >= 0.3 is 5.69 Å². The molecule has 0 saturated carbocycles. The van der Waals surface area contributed by atoms with Crippen molar-refractivity contribution in [3.8, 4) is 0 Å². The van der Waals surface area contributed by atoms with Crippen molar-refractivity contribution in [1.82, 2.24) is 24.2 Å². The van der Waals surface area contributed by atoms with Gasteiger partial charge in [-0.05, 0) is 32.8 Å². The first-order valence-electron chi connectivity index (χ1n) is 9.48. The minimum absolute atomic E-state index is 0.0338. The van der Waals surface area contributed by atoms with E-state index in [1.165, 1.54) is 4.68 Å². The fourth-order valence-electron chi connectivity index (χ4n) is 4.05. The van der Waals surface area contributed by atoms with Gasteiger partial charge in [0.25, 0.3) is 5.91 Å². The number of H-pyrrole nitrogens is 1. The standard InChI is InChI=1S/C20H25N5O2/c1-13(2)25-18(22-23(3)20(25)27)14-7-6-10-24(12-14)19(26)16-11-21-17-9-5-4-8-15(16)17/h4-5,8-9,11,13-14,21H,6-7,10,12H2,1-3H3. The van der Waals surface area contributed by atoms with E-state index in [2.05, 4.69) is 10.1 Å². The summed E-state index contributed by atoms with van der Waals surface area (Å²) in [5, 5.41) is 5.43. The number of carbonyl (C=O) groups is 1. The molecule has 1 atom stereocenters. The van der Waals surface area contributed by atoms with Crippen molar-refractivity contribution in [3.63, 3.8) is 0 Å². The number of aromatic amines is 1. The van der Waals surface area contributed by atoms with Crippen molar-refractivity contribution in [2.24, 2.45) is 7.05 Å². The van der Waals surface area contributed by atoms with E-state index in [1.807, 2.05) is 43.0 Å². The lowest BCUT2D eigenvalue weighted by atomic mass is 9.96. The van der Waals surface area contributed by atoms with E-state index in [0.29, 0.717) is 12.1 Å². The molecule has 1 aliphatic rings. The minimum Gasteiger partial charge on any atom is -0.360 e. The number of hydrogen-bond donors (Lipinski definition) is 1. The van der Waals surface area contributed by atoms with Crippen molar-refractivity contribution in [2.45, 2.75) is 38.6 Å². The lowest BCUT2D eigenvalue weighted by Gasteiger charge is -2.32. The molecule has 0 radical (unpaired) electrons. The average molecular weight is 367 g/mol. The zero-order chi connectivity index (χ0) is 19.1. The van der Waals surface area contributed by atoms with Crippen LogP contribution in [-0.2, 0) is 7.05 Å². The number of para-hydroxylation sites is 1. The third-order valence-electron chi connectivity index (χ3n) is 5.39. The molecular formula is C20H25N5O2. The number of rotatable bonds is 3. The highest BCUT2D eigenvalue weighted by molar-refractivity contribution is 6.06. The van der Waals surface area contributed by atoms with Gasteiger partial charge in [-0.1, -0.05) is 18.2 Å². The van der Waals surface area contributed by atoms with E-state index in [1.54, 1.807) is 17.8 Å². The van der Waals surface area contributed by atoms with Crippen molar-refractivity contribution in [1.29, 1.82) is 0 Å². The number of likely N-dealkylation sites (tertiary alicyclic amines) is 1. The number of fused-ring (bicyclic) bond motifs is 1. The summed E-state index contributed by atoms with van der Waals surface area (Å²) in [6.45, 7) is 5.30. The summed E-state index contributed by atoms with van der Waals surface area (Å²) >= 11 is 0. The lowest BCUT2D eigenvalue weighted by molar-refractivity contribution is 0.0705. The van der Waals surface area contributed by atoms with Gasteiger partial charge in [-0.2, -0.15) is 5.10 Å². The number of nitrogens with one attached hydrogen (secondary N) is 1. The minimum atomic E-state index is -0.0971. The maximum Gasteiger partial charge on any atom is 0.345 e. The number of carbonyl (C=O) groups excluding carboxylic acids is 1. The SMILES string of the molecule is CC(C)n1c(C2CCCN(C(=O)c3c[nH]c4ccccc34)C2)nn(C)c1=O. The van der Waals surface area contributed by atoms with Gasteiger partial charge in [-0.25, -0.2) is 9.48 Å². The predicted octanol–water partition coefficient (Wildman–Crippen LogP) is 2.66. The Labute approximate surface area is 157 Å². The van der Waals surface area contributed by atoms with Crippen molar-refractivity contribution in [3.05, 3.63) is 52.3 Å². The van der Waals surface area contributed by atoms with Crippen LogP contribution in [0.3, 0.4) is 0 Å². The van der Waals surface area contributed by atoms with Crippen LogP contribution in [0.1, 0.15) is 54.8 Å². The molecule has 1 fully saturated rings. The van der Waals surface area contributed by atoms with Gasteiger partial charge < -0.3 is 9.88 Å². The molecule has 4 rings (SSSR count). The number of hydrogen-bond acceptors (Lipinski definition) is 3. The van der Waals surface area contributed by atoms with Gasteiger partial charge in [0.2, 0.25) is 0 Å². The first-order chi connectivity index (χ1) is 13.0. The molecule has 1 unspecified atom stereocenters. The highest BCUT2D eigenvalue weighted by Gasteiger charge is 2.31. The largest absolute Gasteiger partial charge is 0.360 e. The van der Waals surface area contributed by atoms with Crippen LogP contribution >= 0.6 is 0 Å². The Bertz CT molecular complexity index is 1040. The number of amides is 1. The zero-order valence-corrected chi connectivity index (χ0v) is 16.0. The normalized spacial score (nSPS) is 17.8. The number of aromatic nitrogens is 4. The van der Waals surface area contributed by atoms with Gasteiger partial charge in [-0.15, -0.1) is 0 Å². The Morgan fingerprint density at radius 3 is 2.85 bits per heavy atom. The molecule has 1 saturated heterocycles. The van der Waals surface area contributed by atoms with E-state index >= 15 is 0 Å². The number of aryl methyl sites for hydroxylation is 1. The second-order valence-electron chi connectivity index (χ2n) is 7.57. The topological polar surface area (TPSA) is 75.9 Å². The first-order valence-corrected chi connectivity index (χ1v) is 9.48. The Morgan fingerprint density at radius 1 is 1.30 bits per heavy atom. The van der Waals surface area contributed by atoms with Crippen molar-refractivity contribution in [2.75, 3.05) is 13.1 Å². The maximum absolute atomic E-state index is 13.2. The van der Waals surface area contributed by atoms with E-state index in [-0.39, 0.29) is 23.6 Å². The summed E-state index contributed by atoms with van der Waals surface area (Å²) in [4.78, 5) is 30.6.